The number of carbonyl (C=O) groups excluding carboxylic acids is 2. The summed E-state index contributed by atoms with van der Waals surface area (Å²) in [4.78, 5) is 30.2. The van der Waals surface area contributed by atoms with Crippen molar-refractivity contribution in [2.45, 2.75) is 0 Å². The topological polar surface area (TPSA) is 61.8 Å². The predicted molar refractivity (Wildman–Crippen MR) is 38.4 cm³/mol. The maximum Gasteiger partial charge on any atom is 0.377 e. The van der Waals surface area contributed by atoms with Crippen LogP contribution in [0.4, 0.5) is 0 Å². The highest BCUT2D eigenvalue weighted by atomic mass is 17.5. The fourth-order valence-electron chi connectivity index (χ4n) is 0.948. The SMILES string of the molecule is O=C1OOOC(=O)c2cccc1c2. The Hall–Kier alpha value is -1.88. The van der Waals surface area contributed by atoms with Crippen molar-refractivity contribution in [1.29, 1.82) is 0 Å². The molecule has 2 bridgehead atoms. The van der Waals surface area contributed by atoms with Gasteiger partial charge in [-0.2, -0.15) is 0 Å². The van der Waals surface area contributed by atoms with Gasteiger partial charge in [0, 0.05) is 5.04 Å². The number of benzene rings is 1. The molecule has 0 saturated carbocycles. The van der Waals surface area contributed by atoms with Gasteiger partial charge in [-0.25, -0.2) is 9.59 Å². The summed E-state index contributed by atoms with van der Waals surface area (Å²) in [6, 6.07) is 5.94. The van der Waals surface area contributed by atoms with Crippen molar-refractivity contribution in [3.05, 3.63) is 35.4 Å². The lowest BCUT2D eigenvalue weighted by Gasteiger charge is -2.07. The third-order valence-electron chi connectivity index (χ3n) is 1.55. The lowest BCUT2D eigenvalue weighted by atomic mass is 10.1. The maximum absolute atomic E-state index is 11.0. The van der Waals surface area contributed by atoms with Gasteiger partial charge in [0.1, 0.15) is 0 Å². The van der Waals surface area contributed by atoms with E-state index in [2.05, 4.69) is 14.8 Å². The number of hydrogen-bond donors (Lipinski definition) is 0. The van der Waals surface area contributed by atoms with Gasteiger partial charge in [-0.3, -0.25) is 9.78 Å². The molecule has 66 valence electrons. The normalized spacial score (nSPS) is 15.4. The Morgan fingerprint density at radius 3 is 2.00 bits per heavy atom. The minimum absolute atomic E-state index is 0.245. The zero-order chi connectivity index (χ0) is 9.26. The molecule has 0 atom stereocenters. The summed E-state index contributed by atoms with van der Waals surface area (Å²) in [5.41, 5.74) is 0.489. The molecule has 1 aromatic rings. The highest BCUT2D eigenvalue weighted by Gasteiger charge is 2.18. The molecule has 0 N–H and O–H groups in total. The molecule has 0 radical (unpaired) electrons. The van der Waals surface area contributed by atoms with Gasteiger partial charge in [0.15, 0.2) is 0 Å². The average molecular weight is 180 g/mol. The van der Waals surface area contributed by atoms with E-state index < -0.39 is 11.9 Å². The molecule has 2 rings (SSSR count). The molecule has 0 fully saturated rings. The average Bonchev–Trinajstić information content (AvgIpc) is 2.16. The zero-order valence-corrected chi connectivity index (χ0v) is 6.35. The highest BCUT2D eigenvalue weighted by molar-refractivity contribution is 5.95. The standard InChI is InChI=1S/C8H4O5/c9-7-5-2-1-3-6(4-5)8(10)12-13-11-7/h1-4H. The quantitative estimate of drug-likeness (QED) is 0.554. The van der Waals surface area contributed by atoms with Crippen LogP contribution in [0.25, 0.3) is 0 Å². The first-order valence-corrected chi connectivity index (χ1v) is 3.47. The van der Waals surface area contributed by atoms with E-state index in [-0.39, 0.29) is 11.1 Å². The van der Waals surface area contributed by atoms with Crippen molar-refractivity contribution in [3.63, 3.8) is 0 Å². The van der Waals surface area contributed by atoms with Gasteiger partial charge in [0.2, 0.25) is 0 Å². The Bertz CT molecular complexity index is 339. The van der Waals surface area contributed by atoms with Crippen LogP contribution in [0, 0.1) is 0 Å². The number of fused-ring (bicyclic) bond motifs is 2. The monoisotopic (exact) mass is 180 g/mol. The lowest BCUT2D eigenvalue weighted by Crippen LogP contribution is -2.15. The Kier molecular flexibility index (Phi) is 1.71. The molecule has 1 aliphatic rings. The molecule has 13 heavy (non-hydrogen) atoms. The summed E-state index contributed by atoms with van der Waals surface area (Å²) in [6.45, 7) is 0. The molecule has 5 nitrogen and oxygen atoms in total. The van der Waals surface area contributed by atoms with Crippen LogP contribution in [0.1, 0.15) is 20.7 Å². The van der Waals surface area contributed by atoms with Gasteiger partial charge in [-0.1, -0.05) is 6.07 Å². The molecule has 0 aliphatic carbocycles. The van der Waals surface area contributed by atoms with Gasteiger partial charge in [0.05, 0.1) is 11.1 Å². The Labute approximate surface area is 72.7 Å². The third kappa shape index (κ3) is 1.36. The van der Waals surface area contributed by atoms with E-state index in [0.29, 0.717) is 0 Å². The largest absolute Gasteiger partial charge is 0.377 e. The molecule has 0 amide bonds. The Balaban J connectivity index is 2.51. The van der Waals surface area contributed by atoms with Crippen molar-refractivity contribution in [2.75, 3.05) is 0 Å². The molecule has 5 heteroatoms. The van der Waals surface area contributed by atoms with E-state index in [4.69, 9.17) is 0 Å². The zero-order valence-electron chi connectivity index (χ0n) is 6.35. The second-order valence-corrected chi connectivity index (χ2v) is 2.39. The van der Waals surface area contributed by atoms with E-state index in [1.54, 1.807) is 6.07 Å². The van der Waals surface area contributed by atoms with Crippen LogP contribution in [0.2, 0.25) is 0 Å². The second kappa shape index (κ2) is 2.87. The summed E-state index contributed by atoms with van der Waals surface area (Å²) < 4.78 is 0. The van der Waals surface area contributed by atoms with E-state index in [9.17, 15) is 9.59 Å². The molecule has 1 aromatic carbocycles. The molecule has 0 unspecified atom stereocenters. The van der Waals surface area contributed by atoms with Crippen LogP contribution in [0.5, 0.6) is 0 Å². The fourth-order valence-corrected chi connectivity index (χ4v) is 0.948. The van der Waals surface area contributed by atoms with E-state index in [0.717, 1.165) is 0 Å². The summed E-state index contributed by atoms with van der Waals surface area (Å²) >= 11 is 0. The van der Waals surface area contributed by atoms with Crippen LogP contribution < -0.4 is 0 Å². The number of carbonyl (C=O) groups is 2. The predicted octanol–water partition coefficient (Wildman–Crippen LogP) is 0.860. The van der Waals surface area contributed by atoms with E-state index in [1.165, 1.54) is 18.2 Å². The van der Waals surface area contributed by atoms with E-state index >= 15 is 0 Å². The molecule has 1 heterocycles. The summed E-state index contributed by atoms with van der Waals surface area (Å²) in [5, 5.41) is 3.92. The number of hydrogen-bond acceptors (Lipinski definition) is 5. The van der Waals surface area contributed by atoms with Gasteiger partial charge >= 0.3 is 11.9 Å². The van der Waals surface area contributed by atoms with Crippen molar-refractivity contribution in [3.8, 4) is 0 Å². The van der Waals surface area contributed by atoms with Crippen LogP contribution in [-0.2, 0) is 14.8 Å². The van der Waals surface area contributed by atoms with Crippen molar-refractivity contribution in [2.24, 2.45) is 0 Å². The smallest absolute Gasteiger partial charge is 0.254 e. The minimum atomic E-state index is -0.700. The molecule has 0 saturated heterocycles. The summed E-state index contributed by atoms with van der Waals surface area (Å²) in [6.07, 6.45) is 0. The molecule has 0 spiro atoms. The van der Waals surface area contributed by atoms with Gasteiger partial charge in [-0.05, 0) is 18.2 Å². The van der Waals surface area contributed by atoms with Crippen molar-refractivity contribution >= 4 is 11.9 Å². The van der Waals surface area contributed by atoms with Crippen molar-refractivity contribution < 1.29 is 24.4 Å². The van der Waals surface area contributed by atoms with Crippen molar-refractivity contribution in [1.82, 2.24) is 0 Å². The molecular weight excluding hydrogens is 176 g/mol. The van der Waals surface area contributed by atoms with Crippen LogP contribution in [0.15, 0.2) is 24.3 Å². The Morgan fingerprint density at radius 1 is 0.923 bits per heavy atom. The van der Waals surface area contributed by atoms with Gasteiger partial charge in [0.25, 0.3) is 0 Å². The summed E-state index contributed by atoms with van der Waals surface area (Å²) in [7, 11) is 0. The third-order valence-corrected chi connectivity index (χ3v) is 1.55. The fraction of sp³-hybridized carbons (Fsp3) is 0. The lowest BCUT2D eigenvalue weighted by molar-refractivity contribution is -0.446. The van der Waals surface area contributed by atoms with Crippen LogP contribution in [0.3, 0.4) is 0 Å². The number of rotatable bonds is 0. The minimum Gasteiger partial charge on any atom is -0.254 e. The summed E-state index contributed by atoms with van der Waals surface area (Å²) in [5.74, 6) is -1.40. The molecular formula is C8H4O5. The second-order valence-electron chi connectivity index (χ2n) is 2.39. The van der Waals surface area contributed by atoms with Crippen LogP contribution in [-0.4, -0.2) is 11.9 Å². The van der Waals surface area contributed by atoms with E-state index in [1.807, 2.05) is 0 Å². The molecule has 1 aliphatic heterocycles. The maximum atomic E-state index is 11.0. The van der Waals surface area contributed by atoms with Gasteiger partial charge in [-0.15, -0.1) is 0 Å². The Morgan fingerprint density at radius 2 is 1.46 bits per heavy atom. The first-order valence-electron chi connectivity index (χ1n) is 3.47. The first kappa shape index (κ1) is 7.75. The van der Waals surface area contributed by atoms with Gasteiger partial charge < -0.3 is 0 Å². The molecule has 0 aromatic heterocycles. The highest BCUT2D eigenvalue weighted by Crippen LogP contribution is 2.11. The first-order chi connectivity index (χ1) is 6.27. The van der Waals surface area contributed by atoms with Crippen LogP contribution >= 0.6 is 0 Å².